The number of carbonyl (C=O) groups excluding carboxylic acids is 1. The van der Waals surface area contributed by atoms with E-state index in [2.05, 4.69) is 5.16 Å². The van der Waals surface area contributed by atoms with E-state index in [1.807, 2.05) is 0 Å². The van der Waals surface area contributed by atoms with Crippen LogP contribution >= 0.6 is 0 Å². The molecule has 2 aromatic rings. The quantitative estimate of drug-likeness (QED) is 0.759. The molecule has 23 heavy (non-hydrogen) atoms. The van der Waals surface area contributed by atoms with Crippen molar-refractivity contribution in [1.82, 2.24) is 5.16 Å². The summed E-state index contributed by atoms with van der Waals surface area (Å²) in [6.07, 6.45) is 4.53. The molecule has 1 saturated carbocycles. The van der Waals surface area contributed by atoms with Crippen LogP contribution < -0.4 is 4.31 Å². The molecule has 1 aromatic carbocycles. The number of aromatic nitrogens is 1. The van der Waals surface area contributed by atoms with Gasteiger partial charge in [-0.25, -0.2) is 8.42 Å². The van der Waals surface area contributed by atoms with Crippen LogP contribution in [0.4, 0.5) is 5.69 Å². The molecular formula is C16H18N2O4S. The van der Waals surface area contributed by atoms with E-state index in [0.717, 1.165) is 19.1 Å². The summed E-state index contributed by atoms with van der Waals surface area (Å²) >= 11 is 0. The fourth-order valence-electron chi connectivity index (χ4n) is 2.67. The largest absolute Gasteiger partial charge is 0.360 e. The van der Waals surface area contributed by atoms with Crippen molar-refractivity contribution in [3.8, 4) is 0 Å². The lowest BCUT2D eigenvalue weighted by Gasteiger charge is -2.22. The summed E-state index contributed by atoms with van der Waals surface area (Å²) in [6, 6.07) is 6.71. The van der Waals surface area contributed by atoms with Gasteiger partial charge in [-0.3, -0.25) is 9.10 Å². The van der Waals surface area contributed by atoms with Crippen LogP contribution in [0.25, 0.3) is 0 Å². The van der Waals surface area contributed by atoms with Gasteiger partial charge in [0.05, 0.1) is 23.7 Å². The standard InChI is InChI=1S/C16H18N2O4S/c1-3-18(23(2,20)21)14-7-5-4-6-12(14)15(19)13-10-17-22-16(13)11-8-9-11/h4-7,10-11H,3,8-9H2,1-2H3. The maximum atomic E-state index is 12.9. The number of para-hydroxylation sites is 1. The smallest absolute Gasteiger partial charge is 0.232 e. The topological polar surface area (TPSA) is 80.5 Å². The fourth-order valence-corrected chi connectivity index (χ4v) is 3.66. The average Bonchev–Trinajstić information content (AvgIpc) is 3.23. The van der Waals surface area contributed by atoms with Crippen molar-refractivity contribution in [3.05, 3.63) is 47.3 Å². The third kappa shape index (κ3) is 3.01. The first-order chi connectivity index (χ1) is 10.9. The molecule has 0 atom stereocenters. The summed E-state index contributed by atoms with van der Waals surface area (Å²) in [6.45, 7) is 1.99. The number of hydrogen-bond acceptors (Lipinski definition) is 5. The predicted octanol–water partition coefficient (Wildman–Crippen LogP) is 2.57. The third-order valence-corrected chi connectivity index (χ3v) is 5.15. The molecule has 6 nitrogen and oxygen atoms in total. The summed E-state index contributed by atoms with van der Waals surface area (Å²) in [5, 5.41) is 3.75. The summed E-state index contributed by atoms with van der Waals surface area (Å²) in [7, 11) is -3.46. The highest BCUT2D eigenvalue weighted by Gasteiger charge is 2.33. The highest BCUT2D eigenvalue weighted by atomic mass is 32.2. The Hall–Kier alpha value is -2.15. The molecule has 1 aromatic heterocycles. The highest BCUT2D eigenvalue weighted by molar-refractivity contribution is 7.92. The number of benzene rings is 1. The molecule has 3 rings (SSSR count). The van der Waals surface area contributed by atoms with Gasteiger partial charge in [-0.15, -0.1) is 0 Å². The molecule has 1 heterocycles. The summed E-state index contributed by atoms with van der Waals surface area (Å²) in [5.74, 6) is 0.596. The second-order valence-electron chi connectivity index (χ2n) is 5.65. The third-order valence-electron chi connectivity index (χ3n) is 3.90. The van der Waals surface area contributed by atoms with E-state index in [1.54, 1.807) is 31.2 Å². The molecular weight excluding hydrogens is 316 g/mol. The Balaban J connectivity index is 2.06. The molecule has 7 heteroatoms. The SMILES string of the molecule is CCN(c1ccccc1C(=O)c1cnoc1C1CC1)S(C)(=O)=O. The van der Waals surface area contributed by atoms with Crippen molar-refractivity contribution in [1.29, 1.82) is 0 Å². The zero-order chi connectivity index (χ0) is 16.6. The van der Waals surface area contributed by atoms with E-state index in [9.17, 15) is 13.2 Å². The van der Waals surface area contributed by atoms with E-state index < -0.39 is 10.0 Å². The minimum Gasteiger partial charge on any atom is -0.360 e. The zero-order valence-corrected chi connectivity index (χ0v) is 13.8. The van der Waals surface area contributed by atoms with Crippen LogP contribution in [0, 0.1) is 0 Å². The molecule has 0 bridgehead atoms. The molecule has 0 unspecified atom stereocenters. The number of sulfonamides is 1. The number of rotatable bonds is 6. The van der Waals surface area contributed by atoms with Crippen molar-refractivity contribution in [2.45, 2.75) is 25.7 Å². The summed E-state index contributed by atoms with van der Waals surface area (Å²) in [4.78, 5) is 12.9. The molecule has 0 saturated heterocycles. The Bertz CT molecular complexity index is 837. The lowest BCUT2D eigenvalue weighted by molar-refractivity contribution is 0.103. The van der Waals surface area contributed by atoms with Gasteiger partial charge >= 0.3 is 0 Å². The van der Waals surface area contributed by atoms with Crippen molar-refractivity contribution in [2.24, 2.45) is 0 Å². The van der Waals surface area contributed by atoms with Crippen LogP contribution in [0.5, 0.6) is 0 Å². The van der Waals surface area contributed by atoms with Crippen LogP contribution in [0.3, 0.4) is 0 Å². The van der Waals surface area contributed by atoms with E-state index in [4.69, 9.17) is 4.52 Å². The molecule has 1 aliphatic carbocycles. The molecule has 0 aliphatic heterocycles. The van der Waals surface area contributed by atoms with Crippen molar-refractivity contribution < 1.29 is 17.7 Å². The molecule has 0 amide bonds. The first-order valence-electron chi connectivity index (χ1n) is 7.49. The average molecular weight is 334 g/mol. The van der Waals surface area contributed by atoms with Crippen LogP contribution in [-0.4, -0.2) is 32.2 Å². The minimum atomic E-state index is -3.46. The van der Waals surface area contributed by atoms with Gasteiger partial charge < -0.3 is 4.52 Å². The number of anilines is 1. The zero-order valence-electron chi connectivity index (χ0n) is 13.0. The predicted molar refractivity (Wildman–Crippen MR) is 86.2 cm³/mol. The molecule has 122 valence electrons. The van der Waals surface area contributed by atoms with Gasteiger partial charge in [-0.1, -0.05) is 17.3 Å². The number of hydrogen-bond donors (Lipinski definition) is 0. The van der Waals surface area contributed by atoms with Gasteiger partial charge in [0, 0.05) is 18.0 Å². The first kappa shape index (κ1) is 15.7. The molecule has 0 radical (unpaired) electrons. The molecule has 1 aliphatic rings. The fraction of sp³-hybridized carbons (Fsp3) is 0.375. The summed E-state index contributed by atoms with van der Waals surface area (Å²) < 4.78 is 30.4. The van der Waals surface area contributed by atoms with Gasteiger partial charge in [0.25, 0.3) is 0 Å². The number of ketones is 1. The van der Waals surface area contributed by atoms with E-state index in [-0.39, 0.29) is 18.2 Å². The van der Waals surface area contributed by atoms with E-state index in [0.29, 0.717) is 22.6 Å². The normalized spacial score (nSPS) is 14.7. The lowest BCUT2D eigenvalue weighted by Crippen LogP contribution is -2.31. The first-order valence-corrected chi connectivity index (χ1v) is 9.34. The molecule has 1 fully saturated rings. The maximum absolute atomic E-state index is 12.9. The van der Waals surface area contributed by atoms with Gasteiger partial charge in [-0.05, 0) is 31.9 Å². The van der Waals surface area contributed by atoms with Crippen LogP contribution in [0.2, 0.25) is 0 Å². The number of nitrogens with zero attached hydrogens (tertiary/aromatic N) is 2. The second-order valence-corrected chi connectivity index (χ2v) is 7.56. The Kier molecular flexibility index (Phi) is 3.97. The van der Waals surface area contributed by atoms with E-state index >= 15 is 0 Å². The molecule has 0 N–H and O–H groups in total. The van der Waals surface area contributed by atoms with Gasteiger partial charge in [0.15, 0.2) is 11.5 Å². The lowest BCUT2D eigenvalue weighted by atomic mass is 10.0. The van der Waals surface area contributed by atoms with Crippen LogP contribution in [0.15, 0.2) is 35.0 Å². The van der Waals surface area contributed by atoms with E-state index in [1.165, 1.54) is 10.5 Å². The van der Waals surface area contributed by atoms with Crippen molar-refractivity contribution >= 4 is 21.5 Å². The van der Waals surface area contributed by atoms with Crippen LogP contribution in [0.1, 0.15) is 47.4 Å². The second kappa shape index (κ2) is 5.81. The highest BCUT2D eigenvalue weighted by Crippen LogP contribution is 2.42. The monoisotopic (exact) mass is 334 g/mol. The van der Waals surface area contributed by atoms with Gasteiger partial charge in [0.2, 0.25) is 10.0 Å². The Morgan fingerprint density at radius 2 is 2.00 bits per heavy atom. The minimum absolute atomic E-state index is 0.251. The van der Waals surface area contributed by atoms with Crippen molar-refractivity contribution in [2.75, 3.05) is 17.1 Å². The summed E-state index contributed by atoms with van der Waals surface area (Å²) in [5.41, 5.74) is 1.14. The Morgan fingerprint density at radius 3 is 2.61 bits per heavy atom. The van der Waals surface area contributed by atoms with Crippen molar-refractivity contribution in [3.63, 3.8) is 0 Å². The van der Waals surface area contributed by atoms with Crippen LogP contribution in [-0.2, 0) is 10.0 Å². The molecule has 0 spiro atoms. The number of carbonyl (C=O) groups is 1. The van der Waals surface area contributed by atoms with Gasteiger partial charge in [-0.2, -0.15) is 0 Å². The Labute approximate surface area is 135 Å². The maximum Gasteiger partial charge on any atom is 0.232 e. The van der Waals surface area contributed by atoms with Gasteiger partial charge in [0.1, 0.15) is 0 Å². The Morgan fingerprint density at radius 1 is 1.30 bits per heavy atom.